The van der Waals surface area contributed by atoms with E-state index in [1.54, 1.807) is 13.8 Å². The standard InChI is InChI=1S/C23H23F6N3O2/c1-13(2)31-34-20-9-14(22(24,25)26)3-7-19(20)33-18-10-16-5-6-17(11-18)32(16)21-8-4-15(12-30-21)23(27,28)29/h3-4,7-9,12,16-18H,5-6,10-11H2,1-2H3/t16-,17?,18?/m0/s1. The van der Waals surface area contributed by atoms with E-state index in [2.05, 4.69) is 10.1 Å². The summed E-state index contributed by atoms with van der Waals surface area (Å²) in [7, 11) is 0. The van der Waals surface area contributed by atoms with Crippen molar-refractivity contribution < 1.29 is 35.9 Å². The molecule has 11 heteroatoms. The van der Waals surface area contributed by atoms with E-state index in [1.165, 1.54) is 12.1 Å². The van der Waals surface area contributed by atoms with Gasteiger partial charge in [0.2, 0.25) is 0 Å². The normalized spacial score (nSPS) is 22.5. The van der Waals surface area contributed by atoms with E-state index in [1.807, 2.05) is 4.90 Å². The second-order valence-electron chi connectivity index (χ2n) is 8.70. The minimum atomic E-state index is -4.54. The Morgan fingerprint density at radius 3 is 2.06 bits per heavy atom. The van der Waals surface area contributed by atoms with Crippen LogP contribution in [0.2, 0.25) is 0 Å². The number of nitrogens with zero attached hydrogens (tertiary/aromatic N) is 3. The third-order valence-electron chi connectivity index (χ3n) is 5.92. The van der Waals surface area contributed by atoms with Crippen molar-refractivity contribution in [1.82, 2.24) is 4.98 Å². The number of piperidine rings is 1. The predicted octanol–water partition coefficient (Wildman–Crippen LogP) is 6.47. The molecule has 2 aromatic rings. The molecular formula is C23H23F6N3O2. The predicted molar refractivity (Wildman–Crippen MR) is 113 cm³/mol. The molecule has 0 N–H and O–H groups in total. The maximum Gasteiger partial charge on any atom is 0.417 e. The summed E-state index contributed by atoms with van der Waals surface area (Å²) in [4.78, 5) is 11.3. The van der Waals surface area contributed by atoms with Gasteiger partial charge >= 0.3 is 12.4 Å². The zero-order chi connectivity index (χ0) is 24.7. The molecule has 3 atom stereocenters. The number of hydrogen-bond acceptors (Lipinski definition) is 5. The van der Waals surface area contributed by atoms with E-state index in [0.29, 0.717) is 24.4 Å². The van der Waals surface area contributed by atoms with Crippen LogP contribution in [0, 0.1) is 0 Å². The zero-order valence-corrected chi connectivity index (χ0v) is 18.5. The molecule has 4 rings (SSSR count). The molecule has 1 aromatic carbocycles. The fourth-order valence-electron chi connectivity index (χ4n) is 4.48. The van der Waals surface area contributed by atoms with Crippen molar-refractivity contribution in [3.05, 3.63) is 47.7 Å². The number of halogens is 6. The molecule has 34 heavy (non-hydrogen) atoms. The third kappa shape index (κ3) is 5.23. The van der Waals surface area contributed by atoms with Gasteiger partial charge in [0.05, 0.1) is 16.8 Å². The molecule has 2 saturated heterocycles. The van der Waals surface area contributed by atoms with Crippen LogP contribution < -0.4 is 14.5 Å². The fourth-order valence-corrected chi connectivity index (χ4v) is 4.48. The van der Waals surface area contributed by atoms with Crippen LogP contribution in [0.1, 0.15) is 50.7 Å². The lowest BCUT2D eigenvalue weighted by Crippen LogP contribution is -2.46. The molecular weight excluding hydrogens is 464 g/mol. The monoisotopic (exact) mass is 487 g/mol. The van der Waals surface area contributed by atoms with Gasteiger partial charge in [-0.2, -0.15) is 26.3 Å². The minimum absolute atomic E-state index is 0.00251. The molecule has 0 radical (unpaired) electrons. The topological polar surface area (TPSA) is 47.0 Å². The fraction of sp³-hybridized carbons (Fsp3) is 0.478. The Morgan fingerprint density at radius 1 is 0.912 bits per heavy atom. The van der Waals surface area contributed by atoms with Crippen LogP contribution in [-0.2, 0) is 12.4 Å². The lowest BCUT2D eigenvalue weighted by Gasteiger charge is -2.39. The highest BCUT2D eigenvalue weighted by molar-refractivity contribution is 5.78. The highest BCUT2D eigenvalue weighted by Gasteiger charge is 2.43. The Balaban J connectivity index is 1.50. The summed E-state index contributed by atoms with van der Waals surface area (Å²) in [6.45, 7) is 3.30. The molecule has 0 saturated carbocycles. The molecule has 5 nitrogen and oxygen atoms in total. The molecule has 0 amide bonds. The second kappa shape index (κ2) is 8.99. The van der Waals surface area contributed by atoms with Crippen LogP contribution in [0.3, 0.4) is 0 Å². The summed E-state index contributed by atoms with van der Waals surface area (Å²) < 4.78 is 84.1. The molecule has 2 fully saturated rings. The first kappa shape index (κ1) is 24.2. The lowest BCUT2D eigenvalue weighted by atomic mass is 9.99. The van der Waals surface area contributed by atoms with Crippen molar-refractivity contribution in [2.45, 2.75) is 70.1 Å². The summed E-state index contributed by atoms with van der Waals surface area (Å²) >= 11 is 0. The number of aromatic nitrogens is 1. The van der Waals surface area contributed by atoms with Crippen LogP contribution in [0.15, 0.2) is 41.7 Å². The van der Waals surface area contributed by atoms with Crippen LogP contribution in [0.5, 0.6) is 11.5 Å². The number of ether oxygens (including phenoxy) is 1. The number of pyridine rings is 1. The molecule has 0 spiro atoms. The van der Waals surface area contributed by atoms with E-state index >= 15 is 0 Å². The Morgan fingerprint density at radius 2 is 1.53 bits per heavy atom. The van der Waals surface area contributed by atoms with Gasteiger partial charge in [0, 0.05) is 31.1 Å². The number of hydrogen-bond donors (Lipinski definition) is 0. The minimum Gasteiger partial charge on any atom is -0.486 e. The second-order valence-corrected chi connectivity index (χ2v) is 8.70. The van der Waals surface area contributed by atoms with E-state index in [-0.39, 0.29) is 29.7 Å². The summed E-state index contributed by atoms with van der Waals surface area (Å²) in [6, 6.07) is 5.42. The van der Waals surface area contributed by atoms with Gasteiger partial charge in [0.1, 0.15) is 11.9 Å². The van der Waals surface area contributed by atoms with E-state index < -0.39 is 23.5 Å². The van der Waals surface area contributed by atoms with Crippen LogP contribution >= 0.6 is 0 Å². The Bertz CT molecular complexity index is 1030. The van der Waals surface area contributed by atoms with Gasteiger partial charge in [-0.25, -0.2) is 4.98 Å². The van der Waals surface area contributed by atoms with Crippen molar-refractivity contribution in [2.75, 3.05) is 4.90 Å². The van der Waals surface area contributed by atoms with Crippen LogP contribution in [-0.4, -0.2) is 28.9 Å². The van der Waals surface area contributed by atoms with E-state index in [9.17, 15) is 26.3 Å². The maximum atomic E-state index is 13.2. The molecule has 3 heterocycles. The largest absolute Gasteiger partial charge is 0.486 e. The SMILES string of the molecule is CC(C)=NOc1cc(C(F)(F)F)ccc1OC1CC2CC[C@@H](C1)N2c1ccc(C(F)(F)F)cn1. The summed E-state index contributed by atoms with van der Waals surface area (Å²) in [5.74, 6) is 0.504. The average Bonchev–Trinajstić information content (AvgIpc) is 3.02. The van der Waals surface area contributed by atoms with Crippen molar-refractivity contribution in [3.8, 4) is 11.5 Å². The van der Waals surface area contributed by atoms with Gasteiger partial charge in [-0.15, -0.1) is 0 Å². The number of benzene rings is 1. The van der Waals surface area contributed by atoms with E-state index in [0.717, 1.165) is 37.2 Å². The third-order valence-corrected chi connectivity index (χ3v) is 5.92. The van der Waals surface area contributed by atoms with Gasteiger partial charge in [0.25, 0.3) is 0 Å². The summed E-state index contributed by atoms with van der Waals surface area (Å²) in [5, 5.41) is 3.76. The first-order valence-electron chi connectivity index (χ1n) is 10.8. The quantitative estimate of drug-likeness (QED) is 0.276. The Kier molecular flexibility index (Phi) is 6.39. The smallest absolute Gasteiger partial charge is 0.417 e. The lowest BCUT2D eigenvalue weighted by molar-refractivity contribution is -0.138. The zero-order valence-electron chi connectivity index (χ0n) is 18.5. The van der Waals surface area contributed by atoms with Crippen molar-refractivity contribution in [1.29, 1.82) is 0 Å². The maximum absolute atomic E-state index is 13.2. The molecule has 0 aliphatic carbocycles. The molecule has 184 valence electrons. The average molecular weight is 487 g/mol. The molecule has 2 unspecified atom stereocenters. The van der Waals surface area contributed by atoms with Crippen LogP contribution in [0.4, 0.5) is 32.2 Å². The highest BCUT2D eigenvalue weighted by atomic mass is 19.4. The molecule has 2 aliphatic heterocycles. The van der Waals surface area contributed by atoms with Crippen molar-refractivity contribution >= 4 is 11.5 Å². The van der Waals surface area contributed by atoms with Crippen molar-refractivity contribution in [2.24, 2.45) is 5.16 Å². The highest BCUT2D eigenvalue weighted by Crippen LogP contribution is 2.42. The number of alkyl halides is 6. The van der Waals surface area contributed by atoms with Crippen molar-refractivity contribution in [3.63, 3.8) is 0 Å². The van der Waals surface area contributed by atoms with E-state index in [4.69, 9.17) is 9.57 Å². The Hall–Kier alpha value is -2.98. The van der Waals surface area contributed by atoms with Gasteiger partial charge in [-0.1, -0.05) is 5.16 Å². The number of oxime groups is 1. The molecule has 1 aromatic heterocycles. The molecule has 2 aliphatic rings. The van der Waals surface area contributed by atoms with Crippen LogP contribution in [0.25, 0.3) is 0 Å². The van der Waals surface area contributed by atoms with Gasteiger partial charge in [0.15, 0.2) is 11.5 Å². The van der Waals surface area contributed by atoms with Gasteiger partial charge < -0.3 is 14.5 Å². The number of anilines is 1. The van der Waals surface area contributed by atoms with Gasteiger partial charge in [-0.05, 0) is 57.0 Å². The summed E-state index contributed by atoms with van der Waals surface area (Å²) in [5.41, 5.74) is -1.15. The number of fused-ring (bicyclic) bond motifs is 2. The first-order valence-corrected chi connectivity index (χ1v) is 10.8. The molecule has 2 bridgehead atoms. The Labute approximate surface area is 192 Å². The van der Waals surface area contributed by atoms with Gasteiger partial charge in [-0.3, -0.25) is 0 Å². The first-order chi connectivity index (χ1) is 15.9. The number of rotatable bonds is 5. The summed E-state index contributed by atoms with van der Waals surface area (Å²) in [6.07, 6.45) is -5.71.